The van der Waals surface area contributed by atoms with E-state index in [1.807, 2.05) is 3.11 Å². The first-order valence-electron chi connectivity index (χ1n) is 14.7. The number of nitriles is 1. The van der Waals surface area contributed by atoms with Crippen LogP contribution in [0.3, 0.4) is 0 Å². The molecular formula is C32H37IN7O2-. The first-order valence-corrected chi connectivity index (χ1v) is 17.2. The quantitative estimate of drug-likeness (QED) is 0.121. The van der Waals surface area contributed by atoms with Crippen LogP contribution in [0.2, 0.25) is 0 Å². The molecule has 4 heterocycles. The Kier molecular flexibility index (Phi) is 8.76. The molecule has 2 atom stereocenters. The van der Waals surface area contributed by atoms with Crippen LogP contribution in [-0.4, -0.2) is 73.8 Å². The van der Waals surface area contributed by atoms with Gasteiger partial charge in [-0.1, -0.05) is 0 Å². The van der Waals surface area contributed by atoms with Gasteiger partial charge >= 0.3 is 259 Å². The number of hydrogen-bond donors (Lipinski definition) is 0. The molecule has 42 heavy (non-hydrogen) atoms. The monoisotopic (exact) mass is 678 g/mol. The maximum atomic E-state index is 12.6. The molecule has 0 bridgehead atoms. The van der Waals surface area contributed by atoms with E-state index >= 15 is 0 Å². The second kappa shape index (κ2) is 12.8. The molecule has 0 radical (unpaired) electrons. The van der Waals surface area contributed by atoms with Gasteiger partial charge in [-0.25, -0.2) is 0 Å². The molecule has 6 rings (SSSR count). The molecule has 2 aromatic carbocycles. The number of aromatic nitrogens is 2. The number of halogens is 1. The minimum absolute atomic E-state index is 0.0845. The number of nitrogens with zero attached hydrogens (tertiary/aromatic N) is 7. The van der Waals surface area contributed by atoms with Crippen LogP contribution in [0.15, 0.2) is 55.1 Å². The number of benzene rings is 2. The summed E-state index contributed by atoms with van der Waals surface area (Å²) < 4.78 is 8.96. The molecule has 9 nitrogen and oxygen atoms in total. The summed E-state index contributed by atoms with van der Waals surface area (Å²) in [6, 6.07) is 17.9. The number of amides is 1. The SMILES string of the molecule is C=CC(=O)N1[I-]CN(c2nc(OC[C@@H]3CCCCN3C)nc3c2CCN(c2cccc4ccccc24)C3)C[C@@H]1CC#N. The van der Waals surface area contributed by atoms with Crippen LogP contribution in [0.4, 0.5) is 11.5 Å². The van der Waals surface area contributed by atoms with Crippen molar-refractivity contribution in [1.29, 1.82) is 5.26 Å². The van der Waals surface area contributed by atoms with Gasteiger partial charge in [-0.15, -0.1) is 0 Å². The van der Waals surface area contributed by atoms with Crippen molar-refractivity contribution >= 4 is 28.2 Å². The van der Waals surface area contributed by atoms with Gasteiger partial charge in [0.2, 0.25) is 0 Å². The Balaban J connectivity index is 1.32. The summed E-state index contributed by atoms with van der Waals surface area (Å²) in [5, 5.41) is 12.0. The number of piperidine rings is 1. The molecule has 2 saturated heterocycles. The van der Waals surface area contributed by atoms with E-state index in [1.165, 1.54) is 35.4 Å². The number of fused-ring (bicyclic) bond motifs is 2. The molecule has 0 saturated carbocycles. The Hall–Kier alpha value is -3.43. The van der Waals surface area contributed by atoms with E-state index in [0.29, 0.717) is 31.7 Å². The zero-order valence-corrected chi connectivity index (χ0v) is 26.2. The second-order valence-electron chi connectivity index (χ2n) is 11.2. The van der Waals surface area contributed by atoms with Crippen LogP contribution in [0.25, 0.3) is 10.8 Å². The molecule has 1 amide bonds. The van der Waals surface area contributed by atoms with Crippen molar-refractivity contribution in [2.24, 2.45) is 0 Å². The van der Waals surface area contributed by atoms with Gasteiger partial charge in [0.15, 0.2) is 0 Å². The normalized spacial score (nSPS) is 21.3. The number of hydrogen-bond acceptors (Lipinski definition) is 8. The molecule has 3 aromatic rings. The summed E-state index contributed by atoms with van der Waals surface area (Å²) in [5.74, 6) is 0.816. The van der Waals surface area contributed by atoms with Crippen molar-refractivity contribution < 1.29 is 31.0 Å². The number of ether oxygens (including phenoxy) is 1. The Morgan fingerprint density at radius 2 is 2.00 bits per heavy atom. The average molecular weight is 679 g/mol. The first-order chi connectivity index (χ1) is 20.6. The van der Waals surface area contributed by atoms with E-state index in [-0.39, 0.29) is 18.4 Å². The Bertz CT molecular complexity index is 1500. The van der Waals surface area contributed by atoms with Crippen molar-refractivity contribution in [3.8, 4) is 12.1 Å². The number of rotatable bonds is 7. The zero-order chi connectivity index (χ0) is 29.1. The summed E-state index contributed by atoms with van der Waals surface area (Å²) >= 11 is -0.663. The van der Waals surface area contributed by atoms with Crippen LogP contribution < -0.4 is 36.0 Å². The number of carbonyl (C=O) groups excluding carboxylic acids is 1. The third kappa shape index (κ3) is 5.90. The van der Waals surface area contributed by atoms with Crippen molar-refractivity contribution in [1.82, 2.24) is 18.0 Å². The molecule has 0 spiro atoms. The summed E-state index contributed by atoms with van der Waals surface area (Å²) in [6.07, 6.45) is 6.02. The number of carbonyl (C=O) groups is 1. The van der Waals surface area contributed by atoms with E-state index in [2.05, 4.69) is 76.9 Å². The van der Waals surface area contributed by atoms with Gasteiger partial charge in [-0.05, 0) is 0 Å². The third-order valence-electron chi connectivity index (χ3n) is 8.55. The van der Waals surface area contributed by atoms with E-state index in [0.717, 1.165) is 47.6 Å². The number of likely N-dealkylation sites (N-methyl/N-ethyl adjacent to an activating group) is 1. The topological polar surface area (TPSA) is 88.8 Å². The van der Waals surface area contributed by atoms with Crippen molar-refractivity contribution in [2.45, 2.75) is 50.7 Å². The molecule has 220 valence electrons. The molecule has 10 heteroatoms. The number of alkyl halides is 1. The fourth-order valence-electron chi connectivity index (χ4n) is 6.24. The van der Waals surface area contributed by atoms with Gasteiger partial charge in [0, 0.05) is 0 Å². The van der Waals surface area contributed by atoms with E-state index in [9.17, 15) is 10.1 Å². The molecule has 3 aliphatic heterocycles. The summed E-state index contributed by atoms with van der Waals surface area (Å²) in [6.45, 7) is 7.42. The van der Waals surface area contributed by atoms with Gasteiger partial charge in [-0.3, -0.25) is 0 Å². The third-order valence-corrected chi connectivity index (χ3v) is 11.7. The summed E-state index contributed by atoms with van der Waals surface area (Å²) in [7, 11) is 2.16. The Labute approximate surface area is 258 Å². The van der Waals surface area contributed by atoms with Crippen molar-refractivity contribution in [2.75, 3.05) is 47.6 Å². The molecule has 0 unspecified atom stereocenters. The van der Waals surface area contributed by atoms with Crippen molar-refractivity contribution in [3.05, 3.63) is 66.4 Å². The fraction of sp³-hybridized carbons (Fsp3) is 0.438. The molecule has 1 aromatic heterocycles. The van der Waals surface area contributed by atoms with E-state index in [4.69, 9.17) is 14.7 Å². The van der Waals surface area contributed by atoms with Gasteiger partial charge in [0.1, 0.15) is 0 Å². The second-order valence-corrected chi connectivity index (χ2v) is 13.6. The van der Waals surface area contributed by atoms with Crippen LogP contribution in [0, 0.1) is 11.3 Å². The molecule has 0 aliphatic carbocycles. The standard InChI is InChI=1S/C32H37IN7O2/c1-3-30(41)40-24(14-16-34)19-39(22-33-40)31-27-15-18-38(29-13-8-10-23-9-4-5-12-26(23)29)20-28(27)35-32(36-31)42-21-25-11-6-7-17-37(25)2/h3-5,8-10,12-13,24-25H,1,6-7,11,14-15,17-22H2,2H3/q-1/t24-,25-/m0/s1. The molecular weight excluding hydrogens is 641 g/mol. The van der Waals surface area contributed by atoms with Crippen LogP contribution >= 0.6 is 0 Å². The van der Waals surface area contributed by atoms with Gasteiger partial charge in [0.05, 0.1) is 0 Å². The summed E-state index contributed by atoms with van der Waals surface area (Å²) in [5.41, 5.74) is 3.35. The predicted molar refractivity (Wildman–Crippen MR) is 160 cm³/mol. The molecule has 0 N–H and O–H groups in total. The Morgan fingerprint density at radius 1 is 1.14 bits per heavy atom. The van der Waals surface area contributed by atoms with Crippen LogP contribution in [0.1, 0.15) is 36.9 Å². The molecule has 2 fully saturated rings. The number of likely N-dealkylation sites (tertiary alicyclic amines) is 1. The zero-order valence-electron chi connectivity index (χ0n) is 24.1. The van der Waals surface area contributed by atoms with Gasteiger partial charge in [-0.2, -0.15) is 0 Å². The van der Waals surface area contributed by atoms with Gasteiger partial charge in [0.25, 0.3) is 0 Å². The Morgan fingerprint density at radius 3 is 2.83 bits per heavy atom. The minimum atomic E-state index is -0.663. The van der Waals surface area contributed by atoms with Crippen LogP contribution in [-0.2, 0) is 17.8 Å². The predicted octanol–water partition coefficient (Wildman–Crippen LogP) is 1.13. The maximum absolute atomic E-state index is 12.6. The summed E-state index contributed by atoms with van der Waals surface area (Å²) in [4.78, 5) is 29.6. The van der Waals surface area contributed by atoms with E-state index < -0.39 is 21.5 Å². The van der Waals surface area contributed by atoms with Gasteiger partial charge < -0.3 is 0 Å². The van der Waals surface area contributed by atoms with Crippen molar-refractivity contribution in [3.63, 3.8) is 0 Å². The van der Waals surface area contributed by atoms with Crippen LogP contribution in [0.5, 0.6) is 6.01 Å². The number of anilines is 2. The molecule has 3 aliphatic rings. The van der Waals surface area contributed by atoms with E-state index in [1.54, 1.807) is 0 Å². The fourth-order valence-corrected chi connectivity index (χ4v) is 9.01. The average Bonchev–Trinajstić information content (AvgIpc) is 3.03. The first kappa shape index (κ1) is 28.7.